The van der Waals surface area contributed by atoms with E-state index in [1.54, 1.807) is 12.4 Å². The maximum absolute atomic E-state index is 6.16. The second-order valence-corrected chi connectivity index (χ2v) is 5.88. The Morgan fingerprint density at radius 3 is 2.67 bits per heavy atom. The van der Waals surface area contributed by atoms with Gasteiger partial charge in [0.1, 0.15) is 0 Å². The molecule has 0 amide bonds. The third-order valence-electron chi connectivity index (χ3n) is 4.32. The first kappa shape index (κ1) is 16.4. The summed E-state index contributed by atoms with van der Waals surface area (Å²) in [5.41, 5.74) is 1.01. The van der Waals surface area contributed by atoms with Crippen LogP contribution in [-0.2, 0) is 4.74 Å². The molecule has 1 aromatic heterocycles. The SMILES string of the molecule is CCCNC(c1cnccn1)C(OCC)C1CCCCC1. The minimum absolute atomic E-state index is 0.154. The fourth-order valence-corrected chi connectivity index (χ4v) is 3.32. The maximum atomic E-state index is 6.16. The van der Waals surface area contributed by atoms with Gasteiger partial charge in [-0.3, -0.25) is 9.97 Å². The van der Waals surface area contributed by atoms with Crippen molar-refractivity contribution in [3.63, 3.8) is 0 Å². The first-order valence-electron chi connectivity index (χ1n) is 8.47. The van der Waals surface area contributed by atoms with Crippen LogP contribution in [0.4, 0.5) is 0 Å². The molecule has 1 aromatic rings. The van der Waals surface area contributed by atoms with Crippen LogP contribution < -0.4 is 5.32 Å². The van der Waals surface area contributed by atoms with Crippen molar-refractivity contribution >= 4 is 0 Å². The summed E-state index contributed by atoms with van der Waals surface area (Å²) < 4.78 is 6.16. The average Bonchev–Trinajstić information content (AvgIpc) is 2.56. The Kier molecular flexibility index (Phi) is 7.10. The molecular weight excluding hydrogens is 262 g/mol. The van der Waals surface area contributed by atoms with Crippen LogP contribution in [0.25, 0.3) is 0 Å². The molecule has 21 heavy (non-hydrogen) atoms. The van der Waals surface area contributed by atoms with E-state index in [0.29, 0.717) is 5.92 Å². The monoisotopic (exact) mass is 291 g/mol. The van der Waals surface area contributed by atoms with Crippen molar-refractivity contribution in [1.29, 1.82) is 0 Å². The van der Waals surface area contributed by atoms with Gasteiger partial charge in [0, 0.05) is 19.0 Å². The highest BCUT2D eigenvalue weighted by Gasteiger charge is 2.32. The molecule has 1 aliphatic carbocycles. The van der Waals surface area contributed by atoms with Gasteiger partial charge in [0.05, 0.1) is 24.0 Å². The molecule has 4 heteroatoms. The Hall–Kier alpha value is -1.00. The van der Waals surface area contributed by atoms with E-state index in [2.05, 4.69) is 29.1 Å². The van der Waals surface area contributed by atoms with Gasteiger partial charge in [-0.15, -0.1) is 0 Å². The number of nitrogens with zero attached hydrogens (tertiary/aromatic N) is 2. The number of nitrogens with one attached hydrogen (secondary N) is 1. The van der Waals surface area contributed by atoms with Crippen LogP contribution in [-0.4, -0.2) is 29.2 Å². The van der Waals surface area contributed by atoms with Crippen molar-refractivity contribution in [1.82, 2.24) is 15.3 Å². The van der Waals surface area contributed by atoms with Gasteiger partial charge in [0.2, 0.25) is 0 Å². The fourth-order valence-electron chi connectivity index (χ4n) is 3.32. The van der Waals surface area contributed by atoms with Crippen molar-refractivity contribution in [2.45, 2.75) is 64.5 Å². The van der Waals surface area contributed by atoms with Gasteiger partial charge in [-0.1, -0.05) is 26.2 Å². The van der Waals surface area contributed by atoms with Crippen LogP contribution in [0.15, 0.2) is 18.6 Å². The largest absolute Gasteiger partial charge is 0.376 e. The molecule has 1 fully saturated rings. The fraction of sp³-hybridized carbons (Fsp3) is 0.765. The lowest BCUT2D eigenvalue weighted by Crippen LogP contribution is -2.40. The molecule has 2 atom stereocenters. The van der Waals surface area contributed by atoms with Crippen molar-refractivity contribution < 1.29 is 4.74 Å². The molecule has 0 aromatic carbocycles. The summed E-state index contributed by atoms with van der Waals surface area (Å²) in [6.07, 6.45) is 13.3. The number of ether oxygens (including phenoxy) is 1. The highest BCUT2D eigenvalue weighted by atomic mass is 16.5. The molecule has 2 unspecified atom stereocenters. The van der Waals surface area contributed by atoms with Gasteiger partial charge in [0.25, 0.3) is 0 Å². The van der Waals surface area contributed by atoms with Gasteiger partial charge >= 0.3 is 0 Å². The Morgan fingerprint density at radius 2 is 2.05 bits per heavy atom. The molecule has 1 aliphatic rings. The molecule has 118 valence electrons. The topological polar surface area (TPSA) is 47.0 Å². The lowest BCUT2D eigenvalue weighted by atomic mass is 9.81. The van der Waals surface area contributed by atoms with Crippen molar-refractivity contribution in [3.05, 3.63) is 24.3 Å². The van der Waals surface area contributed by atoms with Gasteiger partial charge in [-0.25, -0.2) is 0 Å². The van der Waals surface area contributed by atoms with E-state index < -0.39 is 0 Å². The summed E-state index contributed by atoms with van der Waals surface area (Å²) in [4.78, 5) is 8.77. The second-order valence-electron chi connectivity index (χ2n) is 5.88. The Balaban J connectivity index is 2.17. The van der Waals surface area contributed by atoms with Gasteiger partial charge < -0.3 is 10.1 Å². The third-order valence-corrected chi connectivity index (χ3v) is 4.32. The van der Waals surface area contributed by atoms with E-state index in [1.807, 2.05) is 6.20 Å². The number of hydrogen-bond donors (Lipinski definition) is 1. The van der Waals surface area contributed by atoms with Crippen molar-refractivity contribution in [2.24, 2.45) is 5.92 Å². The Morgan fingerprint density at radius 1 is 1.24 bits per heavy atom. The molecule has 2 rings (SSSR count). The summed E-state index contributed by atoms with van der Waals surface area (Å²) in [6.45, 7) is 6.02. The molecule has 0 aliphatic heterocycles. The van der Waals surface area contributed by atoms with E-state index in [1.165, 1.54) is 32.1 Å². The predicted molar refractivity (Wildman–Crippen MR) is 85.1 cm³/mol. The van der Waals surface area contributed by atoms with Crippen LogP contribution >= 0.6 is 0 Å². The highest BCUT2D eigenvalue weighted by molar-refractivity contribution is 5.06. The van der Waals surface area contributed by atoms with Crippen LogP contribution in [0.1, 0.15) is 64.1 Å². The average molecular weight is 291 g/mol. The standard InChI is InChI=1S/C17H29N3O/c1-3-10-20-16(15-13-18-11-12-19-15)17(21-4-2)14-8-6-5-7-9-14/h11-14,16-17,20H,3-10H2,1-2H3. The molecule has 1 saturated carbocycles. The first-order valence-corrected chi connectivity index (χ1v) is 8.47. The van der Waals surface area contributed by atoms with E-state index in [-0.39, 0.29) is 12.1 Å². The zero-order valence-corrected chi connectivity index (χ0v) is 13.4. The normalized spacial score (nSPS) is 19.3. The molecule has 1 heterocycles. The summed E-state index contributed by atoms with van der Waals surface area (Å²) >= 11 is 0. The smallest absolute Gasteiger partial charge is 0.0813 e. The summed E-state index contributed by atoms with van der Waals surface area (Å²) in [5.74, 6) is 0.634. The first-order chi connectivity index (χ1) is 10.4. The molecule has 1 N–H and O–H groups in total. The number of aromatic nitrogens is 2. The van der Waals surface area contributed by atoms with E-state index >= 15 is 0 Å². The lowest BCUT2D eigenvalue weighted by Gasteiger charge is -2.35. The van der Waals surface area contributed by atoms with E-state index in [9.17, 15) is 0 Å². The molecule has 0 spiro atoms. The second kappa shape index (κ2) is 9.11. The zero-order valence-electron chi connectivity index (χ0n) is 13.4. The van der Waals surface area contributed by atoms with E-state index in [0.717, 1.165) is 25.3 Å². The van der Waals surface area contributed by atoms with Crippen LogP contribution in [0.3, 0.4) is 0 Å². The quantitative estimate of drug-likeness (QED) is 0.796. The maximum Gasteiger partial charge on any atom is 0.0813 e. The van der Waals surface area contributed by atoms with Gasteiger partial charge in [-0.05, 0) is 38.6 Å². The molecule has 0 radical (unpaired) electrons. The minimum atomic E-state index is 0.154. The molecule has 4 nitrogen and oxygen atoms in total. The summed E-state index contributed by atoms with van der Waals surface area (Å²) in [7, 11) is 0. The third kappa shape index (κ3) is 4.75. The van der Waals surface area contributed by atoms with Gasteiger partial charge in [0.15, 0.2) is 0 Å². The van der Waals surface area contributed by atoms with Crippen LogP contribution in [0.5, 0.6) is 0 Å². The summed E-state index contributed by atoms with van der Waals surface area (Å²) in [6, 6.07) is 0.154. The van der Waals surface area contributed by atoms with Gasteiger partial charge in [-0.2, -0.15) is 0 Å². The van der Waals surface area contributed by atoms with Crippen LogP contribution in [0, 0.1) is 5.92 Å². The molecule has 0 saturated heterocycles. The van der Waals surface area contributed by atoms with E-state index in [4.69, 9.17) is 4.74 Å². The number of rotatable bonds is 8. The predicted octanol–water partition coefficient (Wildman–Crippen LogP) is 3.50. The zero-order chi connectivity index (χ0) is 14.9. The number of hydrogen-bond acceptors (Lipinski definition) is 4. The Labute approximate surface area is 128 Å². The minimum Gasteiger partial charge on any atom is -0.376 e. The van der Waals surface area contributed by atoms with Crippen molar-refractivity contribution in [3.8, 4) is 0 Å². The van der Waals surface area contributed by atoms with Crippen molar-refractivity contribution in [2.75, 3.05) is 13.2 Å². The Bertz CT molecular complexity index is 379. The summed E-state index contributed by atoms with van der Waals surface area (Å²) in [5, 5.41) is 3.64. The molecular formula is C17H29N3O. The van der Waals surface area contributed by atoms with Crippen LogP contribution in [0.2, 0.25) is 0 Å². The highest BCUT2D eigenvalue weighted by Crippen LogP contribution is 2.33. The molecule has 0 bridgehead atoms. The lowest BCUT2D eigenvalue weighted by molar-refractivity contribution is -0.0193.